The van der Waals surface area contributed by atoms with Crippen LogP contribution in [0.25, 0.3) is 0 Å². The molecule has 0 saturated heterocycles. The van der Waals surface area contributed by atoms with E-state index in [1.54, 1.807) is 6.92 Å². The summed E-state index contributed by atoms with van der Waals surface area (Å²) in [5.74, 6) is 1.14. The average molecular weight is 313 g/mol. The minimum Gasteiger partial charge on any atom is -0.444 e. The predicted octanol–water partition coefficient (Wildman–Crippen LogP) is 3.71. The Labute approximate surface area is 129 Å². The Hall–Kier alpha value is -1.50. The van der Waals surface area contributed by atoms with Crippen molar-refractivity contribution in [2.75, 3.05) is 5.75 Å². The molecule has 1 N–H and O–H groups in total. The first-order valence-electron chi connectivity index (χ1n) is 6.76. The largest absolute Gasteiger partial charge is 0.444 e. The number of carbonyl (C=O) groups excluding carboxylic acids is 1. The third kappa shape index (κ3) is 7.17. The lowest BCUT2D eigenvalue weighted by atomic mass is 10.2. The van der Waals surface area contributed by atoms with Gasteiger partial charge in [0.2, 0.25) is 5.89 Å². The lowest BCUT2D eigenvalue weighted by molar-refractivity contribution is 0.0500. The number of nitrogens with zero attached hydrogens (tertiary/aromatic N) is 2. The number of hydrogen-bond acceptors (Lipinski definition) is 6. The van der Waals surface area contributed by atoms with Gasteiger partial charge in [-0.3, -0.25) is 0 Å². The maximum atomic E-state index is 11.7. The number of allylic oxidation sites excluding steroid dienone is 1. The van der Waals surface area contributed by atoms with Crippen molar-refractivity contribution in [1.82, 2.24) is 15.5 Å². The minimum absolute atomic E-state index is 0.362. The number of thioether (sulfide) groups is 1. The van der Waals surface area contributed by atoms with E-state index in [4.69, 9.17) is 9.15 Å². The van der Waals surface area contributed by atoms with Crippen LogP contribution in [-0.2, 0) is 4.74 Å². The third-order valence-electron chi connectivity index (χ3n) is 2.22. The highest BCUT2D eigenvalue weighted by Gasteiger charge is 2.21. The number of alkyl carbamates (subject to hydrolysis) is 1. The van der Waals surface area contributed by atoms with Crippen LogP contribution in [0.15, 0.2) is 21.3 Å². The SMILES string of the molecule is CC(C)=CCSc1nnc([C@H](C)NC(=O)OC(C)(C)C)o1. The van der Waals surface area contributed by atoms with Gasteiger partial charge in [0.05, 0.1) is 0 Å². The fourth-order valence-electron chi connectivity index (χ4n) is 1.28. The number of aromatic nitrogens is 2. The van der Waals surface area contributed by atoms with Gasteiger partial charge < -0.3 is 14.5 Å². The molecule has 1 aromatic heterocycles. The van der Waals surface area contributed by atoms with E-state index in [-0.39, 0.29) is 0 Å². The lowest BCUT2D eigenvalue weighted by Gasteiger charge is -2.20. The van der Waals surface area contributed by atoms with Crippen molar-refractivity contribution in [1.29, 1.82) is 0 Å². The monoisotopic (exact) mass is 313 g/mol. The van der Waals surface area contributed by atoms with Crippen molar-refractivity contribution in [3.05, 3.63) is 17.5 Å². The molecule has 0 aliphatic carbocycles. The van der Waals surface area contributed by atoms with Crippen LogP contribution in [0.4, 0.5) is 4.79 Å². The molecule has 21 heavy (non-hydrogen) atoms. The fourth-order valence-corrected chi connectivity index (χ4v) is 2.08. The van der Waals surface area contributed by atoms with Crippen LogP contribution in [0.5, 0.6) is 0 Å². The summed E-state index contributed by atoms with van der Waals surface area (Å²) < 4.78 is 10.7. The number of amides is 1. The molecule has 0 radical (unpaired) electrons. The number of rotatable bonds is 5. The minimum atomic E-state index is -0.538. The molecule has 0 aliphatic rings. The second-order valence-electron chi connectivity index (χ2n) is 5.87. The molecule has 0 aliphatic heterocycles. The molecule has 7 heteroatoms. The number of carbonyl (C=O) groups is 1. The average Bonchev–Trinajstić information content (AvgIpc) is 2.74. The van der Waals surface area contributed by atoms with Gasteiger partial charge in [0.15, 0.2) is 0 Å². The third-order valence-corrected chi connectivity index (χ3v) is 2.97. The molecule has 6 nitrogen and oxygen atoms in total. The highest BCUT2D eigenvalue weighted by atomic mass is 32.2. The summed E-state index contributed by atoms with van der Waals surface area (Å²) >= 11 is 1.46. The molecule has 0 spiro atoms. The topological polar surface area (TPSA) is 77.2 Å². The summed E-state index contributed by atoms with van der Waals surface area (Å²) in [6, 6.07) is -0.398. The maximum Gasteiger partial charge on any atom is 0.408 e. The maximum absolute atomic E-state index is 11.7. The van der Waals surface area contributed by atoms with Crippen LogP contribution in [0.3, 0.4) is 0 Å². The van der Waals surface area contributed by atoms with E-state index in [0.29, 0.717) is 11.1 Å². The van der Waals surface area contributed by atoms with E-state index in [1.807, 2.05) is 34.6 Å². The van der Waals surface area contributed by atoms with Gasteiger partial charge in [0.1, 0.15) is 11.6 Å². The molecule has 1 rings (SSSR count). The van der Waals surface area contributed by atoms with Gasteiger partial charge in [-0.05, 0) is 41.5 Å². The number of hydrogen-bond donors (Lipinski definition) is 1. The number of ether oxygens (including phenoxy) is 1. The van der Waals surface area contributed by atoms with Gasteiger partial charge in [-0.2, -0.15) is 0 Å². The smallest absolute Gasteiger partial charge is 0.408 e. The van der Waals surface area contributed by atoms with Gasteiger partial charge in [-0.1, -0.05) is 23.4 Å². The van der Waals surface area contributed by atoms with E-state index in [1.165, 1.54) is 17.3 Å². The molecule has 0 saturated carbocycles. The van der Waals surface area contributed by atoms with Crippen LogP contribution in [0.2, 0.25) is 0 Å². The Bertz CT molecular complexity index is 502. The van der Waals surface area contributed by atoms with Crippen molar-refractivity contribution < 1.29 is 13.9 Å². The summed E-state index contributed by atoms with van der Waals surface area (Å²) in [5.41, 5.74) is 0.700. The molecule has 1 heterocycles. The predicted molar refractivity (Wildman–Crippen MR) is 82.2 cm³/mol. The zero-order valence-electron chi connectivity index (χ0n) is 13.4. The van der Waals surface area contributed by atoms with E-state index < -0.39 is 17.7 Å². The zero-order valence-corrected chi connectivity index (χ0v) is 14.2. The number of nitrogens with one attached hydrogen (secondary N) is 1. The standard InChI is InChI=1S/C14H23N3O3S/c1-9(2)7-8-21-13-17-16-11(19-13)10(3)15-12(18)20-14(4,5)6/h7,10H,8H2,1-6H3,(H,15,18)/t10-/m0/s1. The Morgan fingerprint density at radius 3 is 2.67 bits per heavy atom. The van der Waals surface area contributed by atoms with Crippen LogP contribution in [0.1, 0.15) is 53.5 Å². The van der Waals surface area contributed by atoms with Crippen molar-refractivity contribution in [3.8, 4) is 0 Å². The zero-order chi connectivity index (χ0) is 16.0. The van der Waals surface area contributed by atoms with Crippen LogP contribution in [0, 0.1) is 0 Å². The highest BCUT2D eigenvalue weighted by molar-refractivity contribution is 7.99. The van der Waals surface area contributed by atoms with Crippen molar-refractivity contribution >= 4 is 17.9 Å². The van der Waals surface area contributed by atoms with Crippen molar-refractivity contribution in [2.24, 2.45) is 0 Å². The van der Waals surface area contributed by atoms with E-state index in [2.05, 4.69) is 21.6 Å². The first-order chi connectivity index (χ1) is 9.67. The summed E-state index contributed by atoms with van der Waals surface area (Å²) in [6.07, 6.45) is 1.57. The summed E-state index contributed by atoms with van der Waals surface area (Å²) in [7, 11) is 0. The molecule has 1 amide bonds. The van der Waals surface area contributed by atoms with E-state index in [9.17, 15) is 4.79 Å². The van der Waals surface area contributed by atoms with Crippen LogP contribution >= 0.6 is 11.8 Å². The van der Waals surface area contributed by atoms with E-state index in [0.717, 1.165) is 5.75 Å². The van der Waals surface area contributed by atoms with Gasteiger partial charge in [0, 0.05) is 5.75 Å². The van der Waals surface area contributed by atoms with Gasteiger partial charge >= 0.3 is 6.09 Å². The molecule has 0 fully saturated rings. The molecule has 118 valence electrons. The van der Waals surface area contributed by atoms with Crippen LogP contribution in [-0.4, -0.2) is 27.6 Å². The summed E-state index contributed by atoms with van der Waals surface area (Å²) in [6.45, 7) is 11.3. The van der Waals surface area contributed by atoms with Crippen molar-refractivity contribution in [3.63, 3.8) is 0 Å². The second kappa shape index (κ2) is 7.49. The molecule has 0 unspecified atom stereocenters. The Morgan fingerprint density at radius 1 is 1.43 bits per heavy atom. The lowest BCUT2D eigenvalue weighted by Crippen LogP contribution is -2.34. The van der Waals surface area contributed by atoms with Gasteiger partial charge in [-0.25, -0.2) is 4.79 Å². The molecule has 0 aromatic carbocycles. The Morgan fingerprint density at radius 2 is 2.10 bits per heavy atom. The quantitative estimate of drug-likeness (QED) is 0.659. The molecule has 1 atom stereocenters. The first kappa shape index (κ1) is 17.6. The normalized spacial score (nSPS) is 12.7. The van der Waals surface area contributed by atoms with Gasteiger partial charge in [-0.15, -0.1) is 10.2 Å². The molecule has 0 bridgehead atoms. The Balaban J connectivity index is 2.52. The molecule has 1 aromatic rings. The van der Waals surface area contributed by atoms with Gasteiger partial charge in [0.25, 0.3) is 5.22 Å². The van der Waals surface area contributed by atoms with Crippen LogP contribution < -0.4 is 5.32 Å². The highest BCUT2D eigenvalue weighted by Crippen LogP contribution is 2.20. The van der Waals surface area contributed by atoms with E-state index >= 15 is 0 Å². The summed E-state index contributed by atoms with van der Waals surface area (Å²) in [4.78, 5) is 11.7. The first-order valence-corrected chi connectivity index (χ1v) is 7.75. The molecular weight excluding hydrogens is 290 g/mol. The Kier molecular flexibility index (Phi) is 6.26. The molecular formula is C14H23N3O3S. The summed E-state index contributed by atoms with van der Waals surface area (Å²) in [5, 5.41) is 11.0. The fraction of sp³-hybridized carbons (Fsp3) is 0.643. The van der Waals surface area contributed by atoms with Crippen molar-refractivity contribution in [2.45, 2.75) is 58.4 Å². The second-order valence-corrected chi connectivity index (χ2v) is 6.84.